The van der Waals surface area contributed by atoms with Gasteiger partial charge in [-0.3, -0.25) is 18.8 Å². The number of carboxylic acid groups (broad SMARTS) is 1. The lowest BCUT2D eigenvalue weighted by Gasteiger charge is -2.28. The van der Waals surface area contributed by atoms with Crippen molar-refractivity contribution in [1.29, 1.82) is 0 Å². The molecule has 0 amide bonds. The first-order valence-electron chi connectivity index (χ1n) is 5.59. The van der Waals surface area contributed by atoms with E-state index < -0.39 is 45.7 Å². The predicted molar refractivity (Wildman–Crippen MR) is 73.5 cm³/mol. The van der Waals surface area contributed by atoms with Crippen LogP contribution in [0.1, 0.15) is 6.42 Å². The third kappa shape index (κ3) is 10.5. The van der Waals surface area contributed by atoms with Gasteiger partial charge in [0.25, 0.3) is 0 Å². The number of rotatable bonds is 10. The monoisotopic (exact) mass is 364 g/mol. The van der Waals surface area contributed by atoms with Crippen LogP contribution in [-0.2, 0) is 18.8 Å². The van der Waals surface area contributed by atoms with Gasteiger partial charge in [-0.1, -0.05) is 0 Å². The van der Waals surface area contributed by atoms with Crippen LogP contribution in [0.25, 0.3) is 0 Å². The largest absolute Gasteiger partial charge is 0.480 e. The number of oxime groups is 1. The lowest BCUT2D eigenvalue weighted by Crippen LogP contribution is -2.43. The van der Waals surface area contributed by atoms with Gasteiger partial charge in [0.15, 0.2) is 0 Å². The summed E-state index contributed by atoms with van der Waals surface area (Å²) in [6, 6.07) is -1.62. The van der Waals surface area contributed by atoms with Crippen molar-refractivity contribution < 1.29 is 43.4 Å². The van der Waals surface area contributed by atoms with Crippen LogP contribution in [-0.4, -0.2) is 66.7 Å². The lowest BCUT2D eigenvalue weighted by atomic mass is 10.2. The number of carbonyl (C=O) groups is 1. The molecule has 0 spiro atoms. The minimum atomic E-state index is -4.75. The fourth-order valence-corrected chi connectivity index (χ4v) is 3.16. The summed E-state index contributed by atoms with van der Waals surface area (Å²) in [4.78, 5) is 51.8. The van der Waals surface area contributed by atoms with E-state index in [1.54, 1.807) is 0 Å². The van der Waals surface area contributed by atoms with E-state index in [0.29, 0.717) is 4.90 Å². The molecule has 0 bridgehead atoms. The second-order valence-electron chi connectivity index (χ2n) is 4.19. The topological polar surface area (TPSA) is 229 Å². The molecule has 0 unspecified atom stereocenters. The Hall–Kier alpha value is -1.20. The van der Waals surface area contributed by atoms with Crippen molar-refractivity contribution in [3.05, 3.63) is 0 Å². The molecule has 13 nitrogen and oxygen atoms in total. The highest BCUT2D eigenvalue weighted by molar-refractivity contribution is 7.52. The van der Waals surface area contributed by atoms with Crippen LogP contribution in [0.2, 0.25) is 0 Å². The molecule has 9 N–H and O–H groups in total. The smallest absolute Gasteiger partial charge is 0.339 e. The average Bonchev–Trinajstić information content (AvgIpc) is 2.22. The van der Waals surface area contributed by atoms with E-state index in [4.69, 9.17) is 36.1 Å². The summed E-state index contributed by atoms with van der Waals surface area (Å²) < 4.78 is 22.0. The summed E-state index contributed by atoms with van der Waals surface area (Å²) >= 11 is 0. The van der Waals surface area contributed by atoms with Crippen LogP contribution >= 0.6 is 15.2 Å². The van der Waals surface area contributed by atoms with Crippen molar-refractivity contribution in [2.45, 2.75) is 12.5 Å². The molecule has 0 aliphatic carbocycles. The molecule has 0 radical (unpaired) electrons. The van der Waals surface area contributed by atoms with Gasteiger partial charge >= 0.3 is 21.2 Å². The van der Waals surface area contributed by atoms with E-state index in [1.807, 2.05) is 0 Å². The fourth-order valence-electron chi connectivity index (χ4n) is 1.46. The van der Waals surface area contributed by atoms with Crippen LogP contribution in [0.5, 0.6) is 0 Å². The molecule has 1 atom stereocenters. The van der Waals surface area contributed by atoms with Crippen LogP contribution in [0.4, 0.5) is 0 Å². The quantitative estimate of drug-likeness (QED) is 0.0707. The molecule has 22 heavy (non-hydrogen) atoms. The van der Waals surface area contributed by atoms with E-state index in [2.05, 4.69) is 9.99 Å². The van der Waals surface area contributed by atoms with Crippen molar-refractivity contribution in [2.24, 2.45) is 16.6 Å². The molecule has 0 heterocycles. The van der Waals surface area contributed by atoms with E-state index in [1.165, 1.54) is 0 Å². The van der Waals surface area contributed by atoms with Gasteiger partial charge in [0, 0.05) is 6.42 Å². The Morgan fingerprint density at radius 2 is 1.59 bits per heavy atom. The third-order valence-electron chi connectivity index (χ3n) is 2.11. The molecular weight excluding hydrogens is 346 g/mol. The molecule has 15 heteroatoms. The Morgan fingerprint density at radius 1 is 1.14 bits per heavy atom. The van der Waals surface area contributed by atoms with Crippen molar-refractivity contribution >= 4 is 27.1 Å². The second-order valence-corrected chi connectivity index (χ2v) is 7.42. The summed E-state index contributed by atoms with van der Waals surface area (Å²) in [6.45, 7) is -0.353. The Labute approximate surface area is 124 Å². The Balaban J connectivity index is 5.05. The van der Waals surface area contributed by atoms with Crippen molar-refractivity contribution in [3.8, 4) is 0 Å². The van der Waals surface area contributed by atoms with E-state index >= 15 is 0 Å². The van der Waals surface area contributed by atoms with Crippen molar-refractivity contribution in [2.75, 3.05) is 19.2 Å². The second kappa shape index (κ2) is 8.44. The number of aliphatic carboxylic acids is 1. The Morgan fingerprint density at radius 3 is 1.91 bits per heavy atom. The van der Waals surface area contributed by atoms with Crippen LogP contribution < -0.4 is 11.5 Å². The highest BCUT2D eigenvalue weighted by Gasteiger charge is 2.34. The highest BCUT2D eigenvalue weighted by Crippen LogP contribution is 2.41. The Bertz CT molecular complexity index is 472. The minimum absolute atomic E-state index is 0.353. The van der Waals surface area contributed by atoms with Gasteiger partial charge in [-0.05, 0) is 5.16 Å². The average molecular weight is 364 g/mol. The number of hydrogen-bond acceptors (Lipinski definition) is 6. The van der Waals surface area contributed by atoms with Crippen molar-refractivity contribution in [1.82, 2.24) is 4.90 Å². The molecule has 0 aromatic heterocycles. The number of guanidine groups is 1. The third-order valence-corrected chi connectivity index (χ3v) is 3.57. The minimum Gasteiger partial charge on any atom is -0.480 e. The number of hydrogen-bond donors (Lipinski definition) is 7. The first kappa shape index (κ1) is 20.8. The molecule has 130 valence electrons. The van der Waals surface area contributed by atoms with E-state index in [-0.39, 0.29) is 13.0 Å². The van der Waals surface area contributed by atoms with Gasteiger partial charge in [-0.15, -0.1) is 0 Å². The van der Waals surface area contributed by atoms with Gasteiger partial charge in [0.1, 0.15) is 25.2 Å². The molecule has 0 aromatic rings. The van der Waals surface area contributed by atoms with Crippen LogP contribution in [0.3, 0.4) is 0 Å². The summed E-state index contributed by atoms with van der Waals surface area (Å²) in [6.07, 6.45) is -2.65. The molecule has 0 aliphatic rings. The summed E-state index contributed by atoms with van der Waals surface area (Å²) in [7, 11) is -9.49. The summed E-state index contributed by atoms with van der Waals surface area (Å²) in [5.74, 6) is -1.97. The Kier molecular flexibility index (Phi) is 7.98. The standard InChI is InChI=1S/C7H18N4O9P2/c8-7(9)10-20-2-1-5(6(12)13)11(3-21(14,15)16)4-22(17,18)19/h5H,1-4H2,(H,12,13)(H4,8,9,10)(H2,14,15,16)(H2,17,18,19)/t5-/m0/s1. The van der Waals surface area contributed by atoms with Gasteiger partial charge in [-0.2, -0.15) is 0 Å². The lowest BCUT2D eigenvalue weighted by molar-refractivity contribution is -0.143. The number of nitrogens with two attached hydrogens (primary N) is 2. The maximum Gasteiger partial charge on any atom is 0.339 e. The van der Waals surface area contributed by atoms with E-state index in [0.717, 1.165) is 0 Å². The predicted octanol–water partition coefficient (Wildman–Crippen LogP) is -2.39. The maximum absolute atomic E-state index is 11.2. The van der Waals surface area contributed by atoms with E-state index in [9.17, 15) is 13.9 Å². The zero-order valence-electron chi connectivity index (χ0n) is 11.2. The molecule has 0 rings (SSSR count). The maximum atomic E-state index is 11.2. The zero-order chi connectivity index (χ0) is 17.6. The summed E-state index contributed by atoms with van der Waals surface area (Å²) in [5, 5.41) is 12.2. The van der Waals surface area contributed by atoms with Gasteiger partial charge in [-0.25, -0.2) is 0 Å². The van der Waals surface area contributed by atoms with Crippen LogP contribution in [0, 0.1) is 0 Å². The van der Waals surface area contributed by atoms with Crippen molar-refractivity contribution in [3.63, 3.8) is 0 Å². The molecule has 0 aliphatic heterocycles. The molecule has 0 saturated carbocycles. The molecule has 0 fully saturated rings. The highest BCUT2D eigenvalue weighted by atomic mass is 31.2. The fraction of sp³-hybridized carbons (Fsp3) is 0.714. The van der Waals surface area contributed by atoms with Crippen LogP contribution in [0.15, 0.2) is 5.16 Å². The van der Waals surface area contributed by atoms with Gasteiger partial charge < -0.3 is 41.0 Å². The first-order valence-corrected chi connectivity index (χ1v) is 9.18. The number of carboxylic acids is 1. The normalized spacial score (nSPS) is 13.7. The zero-order valence-corrected chi connectivity index (χ0v) is 13.0. The molecular formula is C7H18N4O9P2. The first-order chi connectivity index (χ1) is 9.82. The van der Waals surface area contributed by atoms with Gasteiger partial charge in [0.2, 0.25) is 5.96 Å². The molecule has 0 saturated heterocycles. The molecule has 0 aromatic carbocycles. The SMILES string of the molecule is NC(N)=NOCC[C@@H](C(=O)O)N(CP(=O)(O)O)CP(=O)(O)O. The number of nitrogens with zero attached hydrogens (tertiary/aromatic N) is 2. The summed E-state index contributed by atoms with van der Waals surface area (Å²) in [5.41, 5.74) is 9.93. The van der Waals surface area contributed by atoms with Gasteiger partial charge in [0.05, 0.1) is 0 Å².